The van der Waals surface area contributed by atoms with Gasteiger partial charge in [-0.15, -0.1) is 0 Å². The fourth-order valence-electron chi connectivity index (χ4n) is 1.71. The topological polar surface area (TPSA) is 54.0 Å². The van der Waals surface area contributed by atoms with Gasteiger partial charge in [-0.2, -0.15) is 0 Å². The lowest BCUT2D eigenvalue weighted by atomic mass is 10.1. The average Bonchev–Trinajstić information content (AvgIpc) is 2.12. The van der Waals surface area contributed by atoms with Crippen molar-refractivity contribution < 1.29 is 4.79 Å². The molecule has 0 aliphatic carbocycles. The van der Waals surface area contributed by atoms with Crippen LogP contribution >= 0.6 is 0 Å². The maximum absolute atomic E-state index is 11.9. The van der Waals surface area contributed by atoms with Gasteiger partial charge in [-0.25, -0.2) is 0 Å². The van der Waals surface area contributed by atoms with E-state index >= 15 is 0 Å². The minimum absolute atomic E-state index is 0.00498. The second kappa shape index (κ2) is 5.38. The molecule has 0 fully saturated rings. The maximum atomic E-state index is 11.9. The van der Waals surface area contributed by atoms with E-state index in [-0.39, 0.29) is 17.5 Å². The zero-order valence-corrected chi connectivity index (χ0v) is 12.1. The number of carbonyl (C=O) groups is 1. The van der Waals surface area contributed by atoms with Crippen LogP contribution in [0.2, 0.25) is 0 Å². The van der Waals surface area contributed by atoms with E-state index in [0.29, 0.717) is 0 Å². The molecule has 4 nitrogen and oxygen atoms in total. The molecule has 1 atom stereocenters. The van der Waals surface area contributed by atoms with Crippen LogP contribution in [-0.2, 0) is 4.79 Å². The largest absolute Gasteiger partial charge is 0.374 e. The lowest BCUT2D eigenvalue weighted by Crippen LogP contribution is -2.47. The molecule has 1 aromatic rings. The molecule has 2 N–H and O–H groups in total. The number of carbonyl (C=O) groups excluding carboxylic acids is 1. The van der Waals surface area contributed by atoms with Crippen LogP contribution in [0, 0.1) is 13.8 Å². The van der Waals surface area contributed by atoms with Gasteiger partial charge in [-0.1, -0.05) is 0 Å². The van der Waals surface area contributed by atoms with Crippen LogP contribution in [-0.4, -0.2) is 22.5 Å². The minimum Gasteiger partial charge on any atom is -0.374 e. The number of hydrogen-bond donors (Lipinski definition) is 2. The van der Waals surface area contributed by atoms with Gasteiger partial charge in [0.1, 0.15) is 6.04 Å². The van der Waals surface area contributed by atoms with Crippen molar-refractivity contribution in [1.82, 2.24) is 10.3 Å². The molecule has 0 saturated heterocycles. The van der Waals surface area contributed by atoms with Gasteiger partial charge in [-0.3, -0.25) is 9.78 Å². The molecule has 0 radical (unpaired) electrons. The summed E-state index contributed by atoms with van der Waals surface area (Å²) in [5.74, 6) is -0.00498. The molecule has 0 bridgehead atoms. The predicted molar refractivity (Wildman–Crippen MR) is 74.7 cm³/mol. The smallest absolute Gasteiger partial charge is 0.242 e. The molecule has 0 saturated carbocycles. The first-order valence-corrected chi connectivity index (χ1v) is 6.21. The van der Waals surface area contributed by atoms with Crippen LogP contribution in [0.5, 0.6) is 0 Å². The normalized spacial score (nSPS) is 13.0. The highest BCUT2D eigenvalue weighted by atomic mass is 16.2. The van der Waals surface area contributed by atoms with Crippen molar-refractivity contribution in [3.63, 3.8) is 0 Å². The Kier molecular flexibility index (Phi) is 4.33. The highest BCUT2D eigenvalue weighted by Crippen LogP contribution is 2.12. The van der Waals surface area contributed by atoms with E-state index in [1.807, 2.05) is 53.7 Å². The lowest BCUT2D eigenvalue weighted by molar-refractivity contribution is -0.122. The van der Waals surface area contributed by atoms with E-state index in [0.717, 1.165) is 17.1 Å². The highest BCUT2D eigenvalue weighted by Gasteiger charge is 2.19. The summed E-state index contributed by atoms with van der Waals surface area (Å²) in [6, 6.07) is 3.60. The van der Waals surface area contributed by atoms with E-state index in [4.69, 9.17) is 0 Å². The van der Waals surface area contributed by atoms with E-state index in [1.165, 1.54) is 0 Å². The minimum atomic E-state index is -0.273. The van der Waals surface area contributed by atoms with Gasteiger partial charge < -0.3 is 10.6 Å². The molecular formula is C14H23N3O. The van der Waals surface area contributed by atoms with E-state index in [2.05, 4.69) is 15.6 Å². The summed E-state index contributed by atoms with van der Waals surface area (Å²) in [4.78, 5) is 16.2. The first kappa shape index (κ1) is 14.5. The number of pyridine rings is 1. The molecule has 0 aromatic carbocycles. The predicted octanol–water partition coefficient (Wildman–Crippen LogP) is 2.41. The number of aryl methyl sites for hydroxylation is 2. The first-order valence-electron chi connectivity index (χ1n) is 6.21. The number of anilines is 1. The molecule has 4 heteroatoms. The van der Waals surface area contributed by atoms with Gasteiger partial charge in [0.25, 0.3) is 0 Å². The van der Waals surface area contributed by atoms with Gasteiger partial charge >= 0.3 is 0 Å². The van der Waals surface area contributed by atoms with Crippen LogP contribution in [0.3, 0.4) is 0 Å². The zero-order valence-electron chi connectivity index (χ0n) is 12.1. The van der Waals surface area contributed by atoms with Crippen molar-refractivity contribution in [2.75, 3.05) is 5.32 Å². The molecule has 18 heavy (non-hydrogen) atoms. The van der Waals surface area contributed by atoms with Crippen molar-refractivity contribution >= 4 is 11.6 Å². The molecule has 1 aromatic heterocycles. The third-order valence-corrected chi connectivity index (χ3v) is 2.36. The second-order valence-electron chi connectivity index (χ2n) is 5.74. The third-order valence-electron chi connectivity index (χ3n) is 2.36. The number of rotatable bonds is 3. The molecule has 1 amide bonds. The Morgan fingerprint density at radius 1 is 1.22 bits per heavy atom. The van der Waals surface area contributed by atoms with Crippen LogP contribution in [0.15, 0.2) is 12.1 Å². The van der Waals surface area contributed by atoms with Crippen molar-refractivity contribution in [2.24, 2.45) is 0 Å². The highest BCUT2D eigenvalue weighted by molar-refractivity contribution is 5.84. The fraction of sp³-hybridized carbons (Fsp3) is 0.571. The average molecular weight is 249 g/mol. The first-order chi connectivity index (χ1) is 8.17. The molecule has 1 unspecified atom stereocenters. The monoisotopic (exact) mass is 249 g/mol. The number of aromatic nitrogens is 1. The van der Waals surface area contributed by atoms with Gasteiger partial charge in [0, 0.05) is 22.6 Å². The Hall–Kier alpha value is -1.58. The van der Waals surface area contributed by atoms with Crippen molar-refractivity contribution in [3.8, 4) is 0 Å². The number of amides is 1. The standard InChI is InChI=1S/C14H23N3O/c1-9-7-12(8-10(2)15-9)16-11(3)13(18)17-14(4,5)6/h7-8,11H,1-6H3,(H,15,16)(H,17,18). The summed E-state index contributed by atoms with van der Waals surface area (Å²) in [6.45, 7) is 11.7. The molecule has 1 rings (SSSR count). The van der Waals surface area contributed by atoms with Gasteiger partial charge in [0.2, 0.25) is 5.91 Å². The summed E-state index contributed by atoms with van der Waals surface area (Å²) in [6.07, 6.45) is 0. The van der Waals surface area contributed by atoms with Crippen LogP contribution in [0.25, 0.3) is 0 Å². The summed E-state index contributed by atoms with van der Waals surface area (Å²) >= 11 is 0. The molecule has 0 aliphatic rings. The SMILES string of the molecule is Cc1cc(NC(C)C(=O)NC(C)(C)C)cc(C)n1. The van der Waals surface area contributed by atoms with Crippen LogP contribution in [0.4, 0.5) is 5.69 Å². The van der Waals surface area contributed by atoms with E-state index < -0.39 is 0 Å². The Labute approximate surface area is 109 Å². The van der Waals surface area contributed by atoms with Crippen molar-refractivity contribution in [2.45, 2.75) is 53.1 Å². The molecule has 1 heterocycles. The quantitative estimate of drug-likeness (QED) is 0.865. The van der Waals surface area contributed by atoms with Crippen molar-refractivity contribution in [3.05, 3.63) is 23.5 Å². The van der Waals surface area contributed by atoms with E-state index in [1.54, 1.807) is 0 Å². The van der Waals surface area contributed by atoms with Crippen LogP contribution < -0.4 is 10.6 Å². The number of nitrogens with zero attached hydrogens (tertiary/aromatic N) is 1. The molecule has 100 valence electrons. The summed E-state index contributed by atoms with van der Waals surface area (Å²) in [5.41, 5.74) is 2.61. The summed E-state index contributed by atoms with van der Waals surface area (Å²) < 4.78 is 0. The Morgan fingerprint density at radius 3 is 2.17 bits per heavy atom. The Bertz CT molecular complexity index is 415. The fourth-order valence-corrected chi connectivity index (χ4v) is 1.71. The summed E-state index contributed by atoms with van der Waals surface area (Å²) in [7, 11) is 0. The van der Waals surface area contributed by atoms with Crippen molar-refractivity contribution in [1.29, 1.82) is 0 Å². The van der Waals surface area contributed by atoms with Gasteiger partial charge in [0.05, 0.1) is 0 Å². The molecule has 0 spiro atoms. The Morgan fingerprint density at radius 2 is 1.72 bits per heavy atom. The zero-order chi connectivity index (χ0) is 13.9. The molecule has 0 aliphatic heterocycles. The molecular weight excluding hydrogens is 226 g/mol. The summed E-state index contributed by atoms with van der Waals surface area (Å²) in [5, 5.41) is 6.15. The van der Waals surface area contributed by atoms with Gasteiger partial charge in [-0.05, 0) is 53.7 Å². The lowest BCUT2D eigenvalue weighted by Gasteiger charge is -2.24. The van der Waals surface area contributed by atoms with Crippen LogP contribution in [0.1, 0.15) is 39.1 Å². The number of nitrogens with one attached hydrogen (secondary N) is 2. The third kappa shape index (κ3) is 4.73. The number of hydrogen-bond acceptors (Lipinski definition) is 3. The van der Waals surface area contributed by atoms with Gasteiger partial charge in [0.15, 0.2) is 0 Å². The maximum Gasteiger partial charge on any atom is 0.242 e. The second-order valence-corrected chi connectivity index (χ2v) is 5.74. The Balaban J connectivity index is 2.69. The van der Waals surface area contributed by atoms with E-state index in [9.17, 15) is 4.79 Å².